The molecule has 2 heterocycles. The second-order valence-corrected chi connectivity index (χ2v) is 5.72. The molecule has 1 saturated heterocycles. The van der Waals surface area contributed by atoms with Gasteiger partial charge in [0.1, 0.15) is 5.69 Å². The standard InChI is InChI=1S/C15H16F6N2O/c16-14(17,18)7-4-13(24)23-8-5-10(6-9-23)11-2-1-3-12(22-11)15(19,20)21/h1-3,10H,4-9H2. The predicted octanol–water partition coefficient (Wildman–Crippen LogP) is 4.15. The molecule has 0 spiro atoms. The largest absolute Gasteiger partial charge is 0.433 e. The minimum Gasteiger partial charge on any atom is -0.343 e. The molecule has 0 aliphatic carbocycles. The topological polar surface area (TPSA) is 33.2 Å². The molecule has 0 atom stereocenters. The van der Waals surface area contributed by atoms with Crippen LogP contribution in [0.25, 0.3) is 0 Å². The number of amides is 1. The van der Waals surface area contributed by atoms with Gasteiger partial charge in [-0.05, 0) is 25.0 Å². The number of nitrogens with zero attached hydrogens (tertiary/aromatic N) is 2. The number of likely N-dealkylation sites (tertiary alicyclic amines) is 1. The molecule has 1 aliphatic heterocycles. The summed E-state index contributed by atoms with van der Waals surface area (Å²) in [5.74, 6) is -0.818. The van der Waals surface area contributed by atoms with Crippen molar-refractivity contribution in [2.75, 3.05) is 13.1 Å². The Morgan fingerprint density at radius 1 is 1.12 bits per heavy atom. The first-order valence-corrected chi connectivity index (χ1v) is 7.45. The van der Waals surface area contributed by atoms with E-state index >= 15 is 0 Å². The summed E-state index contributed by atoms with van der Waals surface area (Å²) in [6.07, 6.45) is -9.91. The van der Waals surface area contributed by atoms with Gasteiger partial charge >= 0.3 is 12.4 Å². The van der Waals surface area contributed by atoms with Crippen LogP contribution in [0.15, 0.2) is 18.2 Å². The van der Waals surface area contributed by atoms with Crippen LogP contribution in [-0.4, -0.2) is 35.1 Å². The Kier molecular flexibility index (Phi) is 5.39. The van der Waals surface area contributed by atoms with Crippen molar-refractivity contribution in [1.29, 1.82) is 0 Å². The van der Waals surface area contributed by atoms with Gasteiger partial charge in [0, 0.05) is 31.1 Å². The number of rotatable bonds is 3. The molecule has 9 heteroatoms. The Morgan fingerprint density at radius 3 is 2.29 bits per heavy atom. The molecule has 1 fully saturated rings. The first kappa shape index (κ1) is 18.5. The Bertz CT molecular complexity index is 576. The molecular formula is C15H16F6N2O. The average molecular weight is 354 g/mol. The van der Waals surface area contributed by atoms with E-state index < -0.39 is 36.8 Å². The van der Waals surface area contributed by atoms with Gasteiger partial charge in [0.25, 0.3) is 0 Å². The minimum absolute atomic E-state index is 0.222. The van der Waals surface area contributed by atoms with Gasteiger partial charge in [0.15, 0.2) is 0 Å². The van der Waals surface area contributed by atoms with Gasteiger partial charge in [-0.2, -0.15) is 26.3 Å². The first-order chi connectivity index (χ1) is 11.1. The Balaban J connectivity index is 1.92. The minimum atomic E-state index is -4.52. The molecule has 1 amide bonds. The summed E-state index contributed by atoms with van der Waals surface area (Å²) in [4.78, 5) is 16.7. The molecule has 0 saturated carbocycles. The van der Waals surface area contributed by atoms with E-state index in [0.717, 1.165) is 6.07 Å². The number of hydrogen-bond donors (Lipinski definition) is 0. The fraction of sp³-hybridized carbons (Fsp3) is 0.600. The van der Waals surface area contributed by atoms with Crippen molar-refractivity contribution >= 4 is 5.91 Å². The lowest BCUT2D eigenvalue weighted by Crippen LogP contribution is -2.38. The molecule has 2 rings (SSSR count). The molecule has 3 nitrogen and oxygen atoms in total. The van der Waals surface area contributed by atoms with E-state index in [-0.39, 0.29) is 19.0 Å². The van der Waals surface area contributed by atoms with Crippen LogP contribution in [0.1, 0.15) is 43.0 Å². The van der Waals surface area contributed by atoms with Crippen LogP contribution in [0.3, 0.4) is 0 Å². The van der Waals surface area contributed by atoms with Crippen molar-refractivity contribution < 1.29 is 31.1 Å². The van der Waals surface area contributed by atoms with Crippen LogP contribution in [0, 0.1) is 0 Å². The maximum atomic E-state index is 12.7. The van der Waals surface area contributed by atoms with Crippen molar-refractivity contribution in [2.24, 2.45) is 0 Å². The third-order valence-corrected chi connectivity index (χ3v) is 3.95. The maximum Gasteiger partial charge on any atom is 0.433 e. The van der Waals surface area contributed by atoms with Crippen molar-refractivity contribution in [3.8, 4) is 0 Å². The van der Waals surface area contributed by atoms with Crippen LogP contribution in [0.4, 0.5) is 26.3 Å². The summed E-state index contributed by atoms with van der Waals surface area (Å²) < 4.78 is 74.4. The number of carbonyl (C=O) groups excluding carboxylic acids is 1. The lowest BCUT2D eigenvalue weighted by atomic mass is 9.92. The normalized spacial score (nSPS) is 17.2. The molecule has 0 aromatic carbocycles. The molecule has 0 unspecified atom stereocenters. The second kappa shape index (κ2) is 6.98. The Labute approximate surface area is 134 Å². The molecule has 0 N–H and O–H groups in total. The summed E-state index contributed by atoms with van der Waals surface area (Å²) in [5.41, 5.74) is -0.670. The van der Waals surface area contributed by atoms with Crippen LogP contribution in [-0.2, 0) is 11.0 Å². The van der Waals surface area contributed by atoms with Crippen LogP contribution in [0.2, 0.25) is 0 Å². The van der Waals surface area contributed by atoms with Gasteiger partial charge in [-0.15, -0.1) is 0 Å². The van der Waals surface area contributed by atoms with Crippen LogP contribution < -0.4 is 0 Å². The maximum absolute atomic E-state index is 12.7. The summed E-state index contributed by atoms with van der Waals surface area (Å²) in [6.45, 7) is 0.443. The fourth-order valence-electron chi connectivity index (χ4n) is 2.67. The van der Waals surface area contributed by atoms with Gasteiger partial charge in [0.2, 0.25) is 5.91 Å². The predicted molar refractivity (Wildman–Crippen MR) is 73.1 cm³/mol. The van der Waals surface area contributed by atoms with Crippen molar-refractivity contribution in [3.63, 3.8) is 0 Å². The number of halogens is 6. The summed E-state index contributed by atoms with van der Waals surface area (Å²) in [6, 6.07) is 3.67. The highest BCUT2D eigenvalue weighted by atomic mass is 19.4. The van der Waals surface area contributed by atoms with Gasteiger partial charge in [-0.1, -0.05) is 6.07 Å². The van der Waals surface area contributed by atoms with E-state index in [4.69, 9.17) is 0 Å². The number of carbonyl (C=O) groups is 1. The highest BCUT2D eigenvalue weighted by molar-refractivity contribution is 5.76. The average Bonchev–Trinajstić information content (AvgIpc) is 2.51. The van der Waals surface area contributed by atoms with E-state index in [1.807, 2.05) is 0 Å². The number of pyridine rings is 1. The number of aromatic nitrogens is 1. The summed E-state index contributed by atoms with van der Waals surface area (Å²) in [7, 11) is 0. The Hall–Kier alpha value is -1.80. The highest BCUT2D eigenvalue weighted by Crippen LogP contribution is 2.32. The Morgan fingerprint density at radius 2 is 1.75 bits per heavy atom. The third kappa shape index (κ3) is 5.10. The quantitative estimate of drug-likeness (QED) is 0.764. The lowest BCUT2D eigenvalue weighted by molar-refractivity contribution is -0.149. The molecule has 1 aliphatic rings. The molecule has 1 aromatic rings. The van der Waals surface area contributed by atoms with Gasteiger partial charge in [-0.3, -0.25) is 4.79 Å². The number of alkyl halides is 6. The summed E-state index contributed by atoms with van der Waals surface area (Å²) >= 11 is 0. The molecule has 1 aromatic heterocycles. The zero-order valence-electron chi connectivity index (χ0n) is 12.6. The van der Waals surface area contributed by atoms with Gasteiger partial charge < -0.3 is 4.90 Å². The van der Waals surface area contributed by atoms with Crippen LogP contribution >= 0.6 is 0 Å². The number of hydrogen-bond acceptors (Lipinski definition) is 2. The zero-order valence-corrected chi connectivity index (χ0v) is 12.6. The third-order valence-electron chi connectivity index (χ3n) is 3.95. The summed E-state index contributed by atoms with van der Waals surface area (Å²) in [5, 5.41) is 0. The number of piperidine rings is 1. The molecular weight excluding hydrogens is 338 g/mol. The van der Waals surface area contributed by atoms with E-state index in [2.05, 4.69) is 4.98 Å². The zero-order chi connectivity index (χ0) is 18.0. The molecule has 134 valence electrons. The first-order valence-electron chi connectivity index (χ1n) is 7.45. The monoisotopic (exact) mass is 354 g/mol. The smallest absolute Gasteiger partial charge is 0.343 e. The second-order valence-electron chi connectivity index (χ2n) is 5.72. The van der Waals surface area contributed by atoms with Gasteiger partial charge in [0.05, 0.1) is 6.42 Å². The van der Waals surface area contributed by atoms with Crippen molar-refractivity contribution in [1.82, 2.24) is 9.88 Å². The van der Waals surface area contributed by atoms with Crippen molar-refractivity contribution in [3.05, 3.63) is 29.6 Å². The van der Waals surface area contributed by atoms with E-state index in [1.165, 1.54) is 17.0 Å². The fourth-order valence-corrected chi connectivity index (χ4v) is 2.67. The van der Waals surface area contributed by atoms with Crippen molar-refractivity contribution in [2.45, 2.75) is 44.0 Å². The molecule has 0 radical (unpaired) electrons. The molecule has 0 bridgehead atoms. The van der Waals surface area contributed by atoms with E-state index in [0.29, 0.717) is 18.5 Å². The molecule has 24 heavy (non-hydrogen) atoms. The van der Waals surface area contributed by atoms with Gasteiger partial charge in [-0.25, -0.2) is 4.98 Å². The van der Waals surface area contributed by atoms with E-state index in [9.17, 15) is 31.1 Å². The highest BCUT2D eigenvalue weighted by Gasteiger charge is 2.34. The van der Waals surface area contributed by atoms with E-state index in [1.54, 1.807) is 0 Å². The van der Waals surface area contributed by atoms with Crippen LogP contribution in [0.5, 0.6) is 0 Å². The lowest BCUT2D eigenvalue weighted by Gasteiger charge is -2.32. The SMILES string of the molecule is O=C(CCC(F)(F)F)N1CCC(c2cccc(C(F)(F)F)n2)CC1.